The Morgan fingerprint density at radius 1 is 0.973 bits per heavy atom. The Kier molecular flexibility index (Phi) is 10.4. The van der Waals surface area contributed by atoms with Crippen molar-refractivity contribution in [3.63, 3.8) is 0 Å². The number of rotatable bonds is 9. The van der Waals surface area contributed by atoms with E-state index in [-0.39, 0.29) is 11.6 Å². The minimum absolute atomic E-state index is 0.171. The number of carbonyl (C=O) groups is 3. The molecule has 206 valence electrons. The van der Waals surface area contributed by atoms with Crippen molar-refractivity contribution in [2.45, 2.75) is 90.3 Å². The first-order chi connectivity index (χ1) is 17.1. The lowest BCUT2D eigenvalue weighted by Crippen LogP contribution is -2.63. The number of ether oxygens (including phenoxy) is 5. The zero-order chi connectivity index (χ0) is 28.0. The van der Waals surface area contributed by atoms with Crippen LogP contribution in [-0.2, 0) is 37.8 Å². The standard InChI is InChI=1S/C26H39NO9Si/c1-16(28)32-15-21-23(33-17(2)29)24(34-18(3)30)22(25(35-21)36-37(8,9)26(4,5)6)27-14-19-10-12-20(31-7)13-11-19/h10-14,21-25H,15H2,1-9H3/t21-,22-,23-,24-,25?/m1/s1. The van der Waals surface area contributed by atoms with Gasteiger partial charge in [-0.25, -0.2) is 0 Å². The average molecular weight is 538 g/mol. The van der Waals surface area contributed by atoms with Crippen LogP contribution in [0, 0.1) is 0 Å². The van der Waals surface area contributed by atoms with E-state index in [0.717, 1.165) is 5.56 Å². The van der Waals surface area contributed by atoms with E-state index in [9.17, 15) is 14.4 Å². The summed E-state index contributed by atoms with van der Waals surface area (Å²) in [6.45, 7) is 13.9. The Hall–Kier alpha value is -2.76. The van der Waals surface area contributed by atoms with Gasteiger partial charge in [0.1, 0.15) is 24.5 Å². The van der Waals surface area contributed by atoms with Gasteiger partial charge < -0.3 is 28.1 Å². The fourth-order valence-corrected chi connectivity index (χ4v) is 4.60. The van der Waals surface area contributed by atoms with E-state index < -0.39 is 56.9 Å². The molecule has 10 nitrogen and oxygen atoms in total. The Morgan fingerprint density at radius 2 is 1.54 bits per heavy atom. The van der Waals surface area contributed by atoms with Crippen molar-refractivity contribution in [2.24, 2.45) is 4.99 Å². The summed E-state index contributed by atoms with van der Waals surface area (Å²) in [4.78, 5) is 40.5. The molecule has 2 rings (SSSR count). The lowest BCUT2D eigenvalue weighted by Gasteiger charge is -2.47. The molecule has 0 aliphatic carbocycles. The molecule has 0 radical (unpaired) electrons. The van der Waals surface area contributed by atoms with Crippen LogP contribution in [0.4, 0.5) is 0 Å². The van der Waals surface area contributed by atoms with Gasteiger partial charge in [-0.05, 0) is 48.0 Å². The first-order valence-electron chi connectivity index (χ1n) is 12.1. The molecule has 1 heterocycles. The van der Waals surface area contributed by atoms with Crippen molar-refractivity contribution < 1.29 is 42.5 Å². The van der Waals surface area contributed by atoms with Crippen LogP contribution in [0.25, 0.3) is 0 Å². The molecule has 0 spiro atoms. The predicted octanol–water partition coefficient (Wildman–Crippen LogP) is 3.66. The lowest BCUT2D eigenvalue weighted by molar-refractivity contribution is -0.255. The number of esters is 3. The highest BCUT2D eigenvalue weighted by Crippen LogP contribution is 2.40. The SMILES string of the molecule is COc1ccc(C=N[C@H]2C(O[Si](C)(C)C(C)(C)C)O[C@H](COC(C)=O)[C@@H](OC(C)=O)[C@@H]2OC(C)=O)cc1. The van der Waals surface area contributed by atoms with E-state index in [1.165, 1.54) is 20.8 Å². The number of hydrogen-bond acceptors (Lipinski definition) is 10. The molecule has 1 fully saturated rings. The van der Waals surface area contributed by atoms with Crippen LogP contribution < -0.4 is 4.74 Å². The van der Waals surface area contributed by atoms with Crippen LogP contribution in [0.1, 0.15) is 47.1 Å². The molecule has 1 saturated heterocycles. The number of nitrogens with zero attached hydrogens (tertiary/aromatic N) is 1. The number of methoxy groups -OCH3 is 1. The molecule has 37 heavy (non-hydrogen) atoms. The third-order valence-corrected chi connectivity index (χ3v) is 10.8. The summed E-state index contributed by atoms with van der Waals surface area (Å²) in [6.07, 6.45) is -2.44. The molecule has 0 amide bonds. The van der Waals surface area contributed by atoms with E-state index in [2.05, 4.69) is 33.9 Å². The first kappa shape index (κ1) is 30.5. The molecule has 1 aromatic carbocycles. The maximum Gasteiger partial charge on any atom is 0.303 e. The molecule has 1 aliphatic rings. The summed E-state index contributed by atoms with van der Waals surface area (Å²) >= 11 is 0. The van der Waals surface area contributed by atoms with E-state index in [0.29, 0.717) is 5.75 Å². The highest BCUT2D eigenvalue weighted by atomic mass is 28.4. The second-order valence-corrected chi connectivity index (χ2v) is 15.2. The smallest absolute Gasteiger partial charge is 0.303 e. The zero-order valence-corrected chi connectivity index (χ0v) is 24.1. The topological polar surface area (TPSA) is 119 Å². The summed E-state index contributed by atoms with van der Waals surface area (Å²) in [5.41, 5.74) is 0.763. The first-order valence-corrected chi connectivity index (χ1v) is 15.0. The third-order valence-electron chi connectivity index (χ3n) is 6.40. The van der Waals surface area contributed by atoms with Crippen molar-refractivity contribution in [1.29, 1.82) is 0 Å². The molecule has 5 atom stereocenters. The normalized spacial score (nSPS) is 24.4. The molecule has 0 N–H and O–H groups in total. The average Bonchev–Trinajstić information content (AvgIpc) is 2.77. The summed E-state index contributed by atoms with van der Waals surface area (Å²) in [6, 6.07) is 6.36. The van der Waals surface area contributed by atoms with Crippen molar-refractivity contribution in [3.8, 4) is 5.75 Å². The predicted molar refractivity (Wildman–Crippen MR) is 139 cm³/mol. The molecule has 11 heteroatoms. The van der Waals surface area contributed by atoms with Gasteiger partial charge in [-0.3, -0.25) is 19.4 Å². The van der Waals surface area contributed by atoms with E-state index in [1.54, 1.807) is 25.5 Å². The van der Waals surface area contributed by atoms with Gasteiger partial charge in [0.2, 0.25) is 0 Å². The summed E-state index contributed by atoms with van der Waals surface area (Å²) < 4.78 is 34.5. The Morgan fingerprint density at radius 3 is 2.03 bits per heavy atom. The van der Waals surface area contributed by atoms with Gasteiger partial charge in [0.05, 0.1) is 7.11 Å². The third kappa shape index (κ3) is 8.65. The highest BCUT2D eigenvalue weighted by molar-refractivity contribution is 6.74. The minimum atomic E-state index is -2.42. The van der Waals surface area contributed by atoms with E-state index in [4.69, 9.17) is 33.1 Å². The molecule has 1 unspecified atom stereocenters. The molecular formula is C26H39NO9Si. The van der Waals surface area contributed by atoms with Crippen LogP contribution in [0.2, 0.25) is 18.1 Å². The van der Waals surface area contributed by atoms with Crippen molar-refractivity contribution in [1.82, 2.24) is 0 Å². The van der Waals surface area contributed by atoms with Gasteiger partial charge in [0.25, 0.3) is 0 Å². The zero-order valence-electron chi connectivity index (χ0n) is 23.1. The lowest BCUT2D eigenvalue weighted by atomic mass is 9.96. The fraction of sp³-hybridized carbons (Fsp3) is 0.615. The van der Waals surface area contributed by atoms with Crippen LogP contribution in [0.15, 0.2) is 29.3 Å². The van der Waals surface area contributed by atoms with Gasteiger partial charge in [-0.1, -0.05) is 20.8 Å². The van der Waals surface area contributed by atoms with Gasteiger partial charge >= 0.3 is 17.9 Å². The Balaban J connectivity index is 2.56. The summed E-state index contributed by atoms with van der Waals surface area (Å²) in [7, 11) is -0.844. The second kappa shape index (κ2) is 12.7. The molecule has 0 saturated carbocycles. The van der Waals surface area contributed by atoms with Gasteiger partial charge in [-0.15, -0.1) is 0 Å². The second-order valence-electron chi connectivity index (χ2n) is 10.4. The number of benzene rings is 1. The summed E-state index contributed by atoms with van der Waals surface area (Å²) in [5.74, 6) is -1.04. The van der Waals surface area contributed by atoms with E-state index >= 15 is 0 Å². The highest BCUT2D eigenvalue weighted by Gasteiger charge is 2.53. The maximum atomic E-state index is 12.2. The monoisotopic (exact) mass is 537 g/mol. The molecule has 0 aromatic heterocycles. The minimum Gasteiger partial charge on any atom is -0.497 e. The van der Waals surface area contributed by atoms with Crippen LogP contribution >= 0.6 is 0 Å². The largest absolute Gasteiger partial charge is 0.497 e. The Bertz CT molecular complexity index is 971. The van der Waals surface area contributed by atoms with Crippen molar-refractivity contribution in [2.75, 3.05) is 13.7 Å². The van der Waals surface area contributed by atoms with Crippen molar-refractivity contribution >= 4 is 32.4 Å². The number of carbonyl (C=O) groups excluding carboxylic acids is 3. The number of hydrogen-bond donors (Lipinski definition) is 0. The van der Waals surface area contributed by atoms with Gasteiger partial charge in [0, 0.05) is 27.0 Å². The van der Waals surface area contributed by atoms with Crippen molar-refractivity contribution in [3.05, 3.63) is 29.8 Å². The van der Waals surface area contributed by atoms with Gasteiger partial charge in [-0.2, -0.15) is 0 Å². The molecular weight excluding hydrogens is 498 g/mol. The Labute approximate surface area is 219 Å². The molecule has 1 aliphatic heterocycles. The van der Waals surface area contributed by atoms with Crippen LogP contribution in [-0.4, -0.2) is 76.8 Å². The van der Waals surface area contributed by atoms with Crippen LogP contribution in [0.5, 0.6) is 5.75 Å². The fourth-order valence-electron chi connectivity index (χ4n) is 3.47. The maximum absolute atomic E-state index is 12.2. The summed E-state index contributed by atoms with van der Waals surface area (Å²) in [5, 5.41) is -0.171. The number of aliphatic imine (C=N–C) groups is 1. The molecule has 0 bridgehead atoms. The van der Waals surface area contributed by atoms with Gasteiger partial charge in [0.15, 0.2) is 26.8 Å². The van der Waals surface area contributed by atoms with E-state index in [1.807, 2.05) is 12.1 Å². The quantitative estimate of drug-likeness (QED) is 0.201. The van der Waals surface area contributed by atoms with Crippen LogP contribution in [0.3, 0.4) is 0 Å². The molecule has 1 aromatic rings.